The van der Waals surface area contributed by atoms with Crippen LogP contribution in [0.15, 0.2) is 46.9 Å². The fourth-order valence-corrected chi connectivity index (χ4v) is 3.35. The summed E-state index contributed by atoms with van der Waals surface area (Å²) in [6.45, 7) is 2.32. The lowest BCUT2D eigenvalue weighted by atomic mass is 10.1. The van der Waals surface area contributed by atoms with Gasteiger partial charge in [0.05, 0.1) is 13.2 Å². The van der Waals surface area contributed by atoms with Crippen LogP contribution in [0.2, 0.25) is 0 Å². The molecule has 0 unspecified atom stereocenters. The number of nitrogens with zero attached hydrogens (tertiary/aromatic N) is 2. The third kappa shape index (κ3) is 7.35. The normalized spacial score (nSPS) is 12.1. The van der Waals surface area contributed by atoms with E-state index in [0.29, 0.717) is 17.0 Å². The average Bonchev–Trinajstić information content (AvgIpc) is 3.19. The number of carboxylic acid groups (broad SMARTS) is 1. The molecule has 0 saturated heterocycles. The number of rotatable bonds is 9. The Morgan fingerprint density at radius 3 is 2.41 bits per heavy atom. The van der Waals surface area contributed by atoms with Crippen molar-refractivity contribution in [1.82, 2.24) is 9.88 Å². The van der Waals surface area contributed by atoms with E-state index in [1.165, 1.54) is 25.1 Å². The molecule has 1 N–H and O–H groups in total. The minimum Gasteiger partial charge on any atom is -0.487 e. The SMILES string of the molecule is COC(=O)N(CC(=O)O)[C@@H](C)c1cc(F)cc(OCc2nc(-c3ccc(OC(F)(F)F)cc3)oc2C)c1. The van der Waals surface area contributed by atoms with E-state index >= 15 is 0 Å². The lowest BCUT2D eigenvalue weighted by molar-refractivity contribution is -0.274. The first-order valence-corrected chi connectivity index (χ1v) is 10.7. The Morgan fingerprint density at radius 2 is 1.81 bits per heavy atom. The molecular weight excluding hydrogens is 504 g/mol. The van der Waals surface area contributed by atoms with E-state index in [9.17, 15) is 27.2 Å². The molecule has 1 amide bonds. The van der Waals surface area contributed by atoms with Crippen LogP contribution in [0, 0.1) is 12.7 Å². The van der Waals surface area contributed by atoms with E-state index in [-0.39, 0.29) is 23.8 Å². The Hall–Kier alpha value is -4.29. The van der Waals surface area contributed by atoms with Gasteiger partial charge in [0.15, 0.2) is 0 Å². The van der Waals surface area contributed by atoms with E-state index in [2.05, 4.69) is 14.5 Å². The Labute approximate surface area is 208 Å². The number of ether oxygens (including phenoxy) is 3. The molecule has 0 spiro atoms. The standard InChI is InChI=1S/C24H22F4N2O7/c1-13(30(11-21(31)32)23(33)34-3)16-8-17(25)10-19(9-16)35-12-20-14(2)36-22(29-20)15-4-6-18(7-5-15)37-24(26,27)28/h4-10,13H,11-12H2,1-3H3,(H,31,32)/t13-/m0/s1. The van der Waals surface area contributed by atoms with E-state index in [4.69, 9.17) is 14.3 Å². The highest BCUT2D eigenvalue weighted by atomic mass is 19.4. The van der Waals surface area contributed by atoms with Crippen molar-refractivity contribution in [2.45, 2.75) is 32.9 Å². The number of hydrogen-bond donors (Lipinski definition) is 1. The Morgan fingerprint density at radius 1 is 1.14 bits per heavy atom. The molecule has 0 aliphatic carbocycles. The number of hydrogen-bond acceptors (Lipinski definition) is 7. The summed E-state index contributed by atoms with van der Waals surface area (Å²) in [7, 11) is 1.10. The molecule has 2 aromatic carbocycles. The molecule has 1 atom stereocenters. The lowest BCUT2D eigenvalue weighted by Gasteiger charge is -2.27. The molecule has 198 valence electrons. The van der Waals surface area contributed by atoms with Crippen LogP contribution in [0.25, 0.3) is 11.5 Å². The van der Waals surface area contributed by atoms with Gasteiger partial charge in [-0.1, -0.05) is 0 Å². The number of aliphatic carboxylic acids is 1. The fourth-order valence-electron chi connectivity index (χ4n) is 3.35. The summed E-state index contributed by atoms with van der Waals surface area (Å²) in [5.41, 5.74) is 1.01. The Kier molecular flexibility index (Phi) is 8.25. The van der Waals surface area contributed by atoms with E-state index in [1.807, 2.05) is 0 Å². The number of methoxy groups -OCH3 is 1. The molecule has 37 heavy (non-hydrogen) atoms. The summed E-state index contributed by atoms with van der Waals surface area (Å²) in [5, 5.41) is 9.10. The highest BCUT2D eigenvalue weighted by Gasteiger charge is 2.31. The molecule has 13 heteroatoms. The van der Waals surface area contributed by atoms with Gasteiger partial charge in [-0.3, -0.25) is 9.69 Å². The van der Waals surface area contributed by atoms with Crippen LogP contribution in [-0.4, -0.2) is 47.1 Å². The molecule has 0 saturated carbocycles. The second-order valence-electron chi connectivity index (χ2n) is 7.77. The molecule has 0 aliphatic rings. The minimum absolute atomic E-state index is 0.0830. The van der Waals surface area contributed by atoms with E-state index in [0.717, 1.165) is 36.3 Å². The molecule has 1 heterocycles. The number of oxazole rings is 1. The number of alkyl halides is 3. The summed E-state index contributed by atoms with van der Waals surface area (Å²) < 4.78 is 71.1. The molecular formula is C24H22F4N2O7. The third-order valence-corrected chi connectivity index (χ3v) is 5.16. The van der Waals surface area contributed by atoms with Gasteiger partial charge in [0.1, 0.15) is 41.9 Å². The minimum atomic E-state index is -4.81. The molecule has 9 nitrogen and oxygen atoms in total. The van der Waals surface area contributed by atoms with E-state index in [1.54, 1.807) is 6.92 Å². The third-order valence-electron chi connectivity index (χ3n) is 5.16. The topological polar surface area (TPSA) is 111 Å². The molecule has 0 fully saturated rings. The number of carbonyl (C=O) groups is 2. The largest absolute Gasteiger partial charge is 0.573 e. The molecule has 0 bridgehead atoms. The number of aryl methyl sites for hydroxylation is 1. The first-order valence-electron chi connectivity index (χ1n) is 10.7. The summed E-state index contributed by atoms with van der Waals surface area (Å²) in [5.74, 6) is -1.77. The highest BCUT2D eigenvalue weighted by molar-refractivity contribution is 5.77. The number of benzene rings is 2. The van der Waals surface area contributed by atoms with Crippen molar-refractivity contribution in [2.75, 3.05) is 13.7 Å². The zero-order valence-corrected chi connectivity index (χ0v) is 19.8. The van der Waals surface area contributed by atoms with Gasteiger partial charge in [-0.15, -0.1) is 13.2 Å². The Balaban J connectivity index is 1.75. The van der Waals surface area contributed by atoms with Gasteiger partial charge in [0.25, 0.3) is 0 Å². The zero-order valence-electron chi connectivity index (χ0n) is 19.8. The fraction of sp³-hybridized carbons (Fsp3) is 0.292. The summed E-state index contributed by atoms with van der Waals surface area (Å²) in [4.78, 5) is 28.4. The summed E-state index contributed by atoms with van der Waals surface area (Å²) in [6, 6.07) is 7.77. The number of halogens is 4. The van der Waals surface area contributed by atoms with Crippen LogP contribution in [0.5, 0.6) is 11.5 Å². The molecule has 1 aromatic heterocycles. The van der Waals surface area contributed by atoms with Gasteiger partial charge in [0, 0.05) is 11.6 Å². The average molecular weight is 526 g/mol. The van der Waals surface area contributed by atoms with Crippen LogP contribution in [0.4, 0.5) is 22.4 Å². The maximum atomic E-state index is 14.3. The van der Waals surface area contributed by atoms with Gasteiger partial charge in [-0.2, -0.15) is 0 Å². The smallest absolute Gasteiger partial charge is 0.487 e. The number of aromatic nitrogens is 1. The van der Waals surface area contributed by atoms with Crippen LogP contribution < -0.4 is 9.47 Å². The highest BCUT2D eigenvalue weighted by Crippen LogP contribution is 2.29. The number of carboxylic acids is 1. The van der Waals surface area contributed by atoms with Crippen molar-refractivity contribution in [1.29, 1.82) is 0 Å². The number of amides is 1. The van der Waals surface area contributed by atoms with Crippen LogP contribution >= 0.6 is 0 Å². The van der Waals surface area contributed by atoms with Crippen molar-refractivity contribution in [3.8, 4) is 23.0 Å². The van der Waals surface area contributed by atoms with Crippen LogP contribution in [0.3, 0.4) is 0 Å². The number of carbonyl (C=O) groups excluding carboxylic acids is 1. The van der Waals surface area contributed by atoms with Gasteiger partial charge in [0.2, 0.25) is 5.89 Å². The maximum absolute atomic E-state index is 14.3. The van der Waals surface area contributed by atoms with E-state index < -0.39 is 42.6 Å². The summed E-state index contributed by atoms with van der Waals surface area (Å²) in [6.07, 6.45) is -5.71. The molecule has 3 aromatic rings. The predicted molar refractivity (Wildman–Crippen MR) is 119 cm³/mol. The van der Waals surface area contributed by atoms with Gasteiger partial charge in [-0.25, -0.2) is 14.2 Å². The predicted octanol–water partition coefficient (Wildman–Crippen LogP) is 5.48. The van der Waals surface area contributed by atoms with Crippen molar-refractivity contribution >= 4 is 12.1 Å². The van der Waals surface area contributed by atoms with Gasteiger partial charge < -0.3 is 23.7 Å². The maximum Gasteiger partial charge on any atom is 0.573 e. The molecule has 0 aliphatic heterocycles. The summed E-state index contributed by atoms with van der Waals surface area (Å²) >= 11 is 0. The zero-order chi connectivity index (χ0) is 27.3. The van der Waals surface area contributed by atoms with Crippen molar-refractivity contribution in [2.24, 2.45) is 0 Å². The monoisotopic (exact) mass is 526 g/mol. The van der Waals surface area contributed by atoms with Crippen molar-refractivity contribution in [3.63, 3.8) is 0 Å². The molecule has 0 radical (unpaired) electrons. The van der Waals surface area contributed by atoms with Crippen molar-refractivity contribution in [3.05, 3.63) is 65.3 Å². The second kappa shape index (κ2) is 11.2. The van der Waals surface area contributed by atoms with Crippen molar-refractivity contribution < 1.29 is 50.9 Å². The van der Waals surface area contributed by atoms with Gasteiger partial charge >= 0.3 is 18.4 Å². The van der Waals surface area contributed by atoms with Gasteiger partial charge in [-0.05, 0) is 55.8 Å². The Bertz CT molecular complexity index is 1260. The molecule has 3 rings (SSSR count). The first-order chi connectivity index (χ1) is 17.4. The quantitative estimate of drug-likeness (QED) is 0.365. The first kappa shape index (κ1) is 27.3. The van der Waals surface area contributed by atoms with Crippen LogP contribution in [0.1, 0.15) is 30.0 Å². The van der Waals surface area contributed by atoms with Crippen LogP contribution in [-0.2, 0) is 16.1 Å². The second-order valence-corrected chi connectivity index (χ2v) is 7.77. The lowest BCUT2D eigenvalue weighted by Crippen LogP contribution is -2.37.